The number of nitrogens with zero attached hydrogens (tertiary/aromatic N) is 3. The first kappa shape index (κ1) is 20.2. The van der Waals surface area contributed by atoms with Crippen LogP contribution in [-0.2, 0) is 11.3 Å². The van der Waals surface area contributed by atoms with Crippen molar-refractivity contribution in [2.45, 2.75) is 25.8 Å². The minimum absolute atomic E-state index is 0. The number of likely N-dealkylation sites (N-methyl/N-ethyl adjacent to an activating group) is 1. The van der Waals surface area contributed by atoms with E-state index >= 15 is 0 Å². The van der Waals surface area contributed by atoms with E-state index in [0.29, 0.717) is 0 Å². The molecule has 0 bridgehead atoms. The average molecular weight is 343 g/mol. The lowest BCUT2D eigenvalue weighted by Gasteiger charge is -2.32. The van der Waals surface area contributed by atoms with E-state index in [4.69, 9.17) is 10.5 Å². The third-order valence-corrected chi connectivity index (χ3v) is 4.42. The molecule has 0 aliphatic carbocycles. The predicted octanol–water partition coefficient (Wildman–Crippen LogP) is 2.15. The number of methoxy groups -OCH3 is 1. The Morgan fingerprint density at radius 3 is 2.91 bits per heavy atom. The van der Waals surface area contributed by atoms with Crippen molar-refractivity contribution in [3.05, 3.63) is 23.9 Å². The minimum Gasteiger partial charge on any atom is -0.383 e. The third-order valence-electron chi connectivity index (χ3n) is 4.42. The Kier molecular flexibility index (Phi) is 9.48. The molecule has 1 saturated heterocycles. The maximum Gasteiger partial charge on any atom is 0.128 e. The van der Waals surface area contributed by atoms with Crippen LogP contribution < -0.4 is 10.6 Å². The van der Waals surface area contributed by atoms with Gasteiger partial charge in [-0.2, -0.15) is 0 Å². The molecule has 2 heterocycles. The predicted molar refractivity (Wildman–Crippen MR) is 98.3 cm³/mol. The van der Waals surface area contributed by atoms with Crippen molar-refractivity contribution in [3.63, 3.8) is 0 Å². The van der Waals surface area contributed by atoms with Crippen LogP contribution in [0.4, 0.5) is 5.82 Å². The zero-order valence-electron chi connectivity index (χ0n) is 14.4. The second-order valence-corrected chi connectivity index (χ2v) is 6.26. The van der Waals surface area contributed by atoms with Gasteiger partial charge in [-0.3, -0.25) is 4.90 Å². The van der Waals surface area contributed by atoms with Crippen molar-refractivity contribution in [2.24, 2.45) is 11.7 Å². The van der Waals surface area contributed by atoms with E-state index in [1.807, 2.05) is 13.2 Å². The van der Waals surface area contributed by atoms with Crippen LogP contribution in [0.2, 0.25) is 0 Å². The molecule has 2 rings (SSSR count). The van der Waals surface area contributed by atoms with Gasteiger partial charge in [-0.15, -0.1) is 12.4 Å². The molecular formula is C17H31ClN4O. The minimum atomic E-state index is 0. The Bertz CT molecular complexity index is 427. The van der Waals surface area contributed by atoms with Gasteiger partial charge >= 0.3 is 0 Å². The monoisotopic (exact) mass is 342 g/mol. The number of hydrogen-bond donors (Lipinski definition) is 1. The lowest BCUT2D eigenvalue weighted by atomic mass is 9.94. The molecule has 132 valence electrons. The fourth-order valence-corrected chi connectivity index (χ4v) is 3.10. The van der Waals surface area contributed by atoms with Crippen LogP contribution in [0.1, 0.15) is 24.8 Å². The topological polar surface area (TPSA) is 54.6 Å². The number of aromatic nitrogens is 1. The molecule has 1 aromatic rings. The molecule has 0 spiro atoms. The first-order valence-corrected chi connectivity index (χ1v) is 8.30. The molecule has 0 aromatic carbocycles. The van der Waals surface area contributed by atoms with Crippen molar-refractivity contribution < 1.29 is 4.74 Å². The standard InChI is InChI=1S/C17H30N4O.ClH/c1-20(10-11-22-2)17-6-5-16(12-19-17)14-21-9-3-4-15(13-21)7-8-18;/h5-6,12,15H,3-4,7-11,13-14,18H2,1-2H3;1H. The summed E-state index contributed by atoms with van der Waals surface area (Å²) in [5, 5.41) is 0. The zero-order valence-corrected chi connectivity index (χ0v) is 15.2. The van der Waals surface area contributed by atoms with Crippen LogP contribution in [0, 0.1) is 5.92 Å². The summed E-state index contributed by atoms with van der Waals surface area (Å²) in [7, 11) is 3.77. The highest BCUT2D eigenvalue weighted by Gasteiger charge is 2.19. The normalized spacial score (nSPS) is 18.5. The van der Waals surface area contributed by atoms with Crippen molar-refractivity contribution in [1.82, 2.24) is 9.88 Å². The summed E-state index contributed by atoms with van der Waals surface area (Å²) in [6, 6.07) is 4.30. The number of piperidine rings is 1. The Hall–Kier alpha value is -0.880. The van der Waals surface area contributed by atoms with Crippen LogP contribution in [-0.4, -0.2) is 56.8 Å². The largest absolute Gasteiger partial charge is 0.383 e. The van der Waals surface area contributed by atoms with Crippen LogP contribution in [0.3, 0.4) is 0 Å². The van der Waals surface area contributed by atoms with Crippen molar-refractivity contribution in [3.8, 4) is 0 Å². The van der Waals surface area contributed by atoms with Gasteiger partial charge in [0.25, 0.3) is 0 Å². The smallest absolute Gasteiger partial charge is 0.128 e. The van der Waals surface area contributed by atoms with Crippen molar-refractivity contribution in [2.75, 3.05) is 51.8 Å². The van der Waals surface area contributed by atoms with Gasteiger partial charge in [0, 0.05) is 40.0 Å². The van der Waals surface area contributed by atoms with E-state index in [-0.39, 0.29) is 12.4 Å². The number of pyridine rings is 1. The molecule has 5 nitrogen and oxygen atoms in total. The molecular weight excluding hydrogens is 312 g/mol. The van der Waals surface area contributed by atoms with Gasteiger partial charge in [-0.1, -0.05) is 6.07 Å². The van der Waals surface area contributed by atoms with E-state index in [0.717, 1.165) is 44.4 Å². The number of ether oxygens (including phenoxy) is 1. The summed E-state index contributed by atoms with van der Waals surface area (Å²) in [6.07, 6.45) is 5.77. The number of likely N-dealkylation sites (tertiary alicyclic amines) is 1. The van der Waals surface area contributed by atoms with Crippen LogP contribution >= 0.6 is 12.4 Å². The maximum absolute atomic E-state index is 5.69. The summed E-state index contributed by atoms with van der Waals surface area (Å²) in [5.74, 6) is 1.77. The van der Waals surface area contributed by atoms with Crippen molar-refractivity contribution in [1.29, 1.82) is 0 Å². The Balaban J connectivity index is 0.00000264. The quantitative estimate of drug-likeness (QED) is 0.784. The Morgan fingerprint density at radius 1 is 1.43 bits per heavy atom. The number of anilines is 1. The Labute approximate surface area is 146 Å². The molecule has 0 saturated carbocycles. The van der Waals surface area contributed by atoms with E-state index in [1.165, 1.54) is 31.5 Å². The van der Waals surface area contributed by atoms with Gasteiger partial charge < -0.3 is 15.4 Å². The molecule has 1 fully saturated rings. The van der Waals surface area contributed by atoms with Crippen LogP contribution in [0.5, 0.6) is 0 Å². The average Bonchev–Trinajstić information content (AvgIpc) is 2.54. The summed E-state index contributed by atoms with van der Waals surface area (Å²) in [4.78, 5) is 9.23. The van der Waals surface area contributed by atoms with Gasteiger partial charge in [-0.25, -0.2) is 4.98 Å². The van der Waals surface area contributed by atoms with E-state index < -0.39 is 0 Å². The highest BCUT2D eigenvalue weighted by atomic mass is 35.5. The lowest BCUT2D eigenvalue weighted by Crippen LogP contribution is -2.35. The second-order valence-electron chi connectivity index (χ2n) is 6.26. The van der Waals surface area contributed by atoms with Gasteiger partial charge in [0.05, 0.1) is 6.61 Å². The first-order chi connectivity index (χ1) is 10.7. The lowest BCUT2D eigenvalue weighted by molar-refractivity contribution is 0.163. The summed E-state index contributed by atoms with van der Waals surface area (Å²) < 4.78 is 5.10. The molecule has 1 atom stereocenters. The van der Waals surface area contributed by atoms with Crippen LogP contribution in [0.25, 0.3) is 0 Å². The summed E-state index contributed by atoms with van der Waals surface area (Å²) in [5.41, 5.74) is 6.98. The number of hydrogen-bond acceptors (Lipinski definition) is 5. The molecule has 1 aliphatic rings. The molecule has 1 aliphatic heterocycles. The van der Waals surface area contributed by atoms with E-state index in [1.54, 1.807) is 7.11 Å². The van der Waals surface area contributed by atoms with Crippen LogP contribution in [0.15, 0.2) is 18.3 Å². The third kappa shape index (κ3) is 6.63. The molecule has 1 unspecified atom stereocenters. The molecule has 0 radical (unpaired) electrons. The molecule has 2 N–H and O–H groups in total. The summed E-state index contributed by atoms with van der Waals surface area (Å²) in [6.45, 7) is 5.74. The number of halogens is 1. The van der Waals surface area contributed by atoms with E-state index in [2.05, 4.69) is 26.9 Å². The van der Waals surface area contributed by atoms with Gasteiger partial charge in [0.1, 0.15) is 5.82 Å². The fourth-order valence-electron chi connectivity index (χ4n) is 3.10. The van der Waals surface area contributed by atoms with Crippen molar-refractivity contribution >= 4 is 18.2 Å². The molecule has 1 aromatic heterocycles. The molecule has 0 amide bonds. The second kappa shape index (κ2) is 10.8. The SMILES string of the molecule is COCCN(C)c1ccc(CN2CCCC(CCN)C2)cn1.Cl. The van der Waals surface area contributed by atoms with Gasteiger partial charge in [0.15, 0.2) is 0 Å². The zero-order chi connectivity index (χ0) is 15.8. The molecule has 6 heteroatoms. The fraction of sp³-hybridized carbons (Fsp3) is 0.706. The van der Waals surface area contributed by atoms with E-state index in [9.17, 15) is 0 Å². The number of nitrogens with two attached hydrogens (primary N) is 1. The van der Waals surface area contributed by atoms with Gasteiger partial charge in [-0.05, 0) is 49.9 Å². The summed E-state index contributed by atoms with van der Waals surface area (Å²) >= 11 is 0. The molecule has 23 heavy (non-hydrogen) atoms. The highest BCUT2D eigenvalue weighted by Crippen LogP contribution is 2.21. The van der Waals surface area contributed by atoms with Gasteiger partial charge in [0.2, 0.25) is 0 Å². The highest BCUT2D eigenvalue weighted by molar-refractivity contribution is 5.85. The first-order valence-electron chi connectivity index (χ1n) is 8.30. The Morgan fingerprint density at radius 2 is 2.26 bits per heavy atom. The maximum atomic E-state index is 5.69. The number of rotatable bonds is 8.